The molecule has 0 amide bonds. The number of H-pyrrole nitrogens is 1. The van der Waals surface area contributed by atoms with Gasteiger partial charge in [0, 0.05) is 29.3 Å². The fourth-order valence-electron chi connectivity index (χ4n) is 1.94. The SMILES string of the molecule is COCc1c(C)[nH]c2c(C)cc(F)cc12. The van der Waals surface area contributed by atoms with Crippen molar-refractivity contribution in [2.45, 2.75) is 20.5 Å². The standard InChI is InChI=1S/C12H14FNO/c1-7-4-9(13)5-10-11(6-15-3)8(2)14-12(7)10/h4-5,14H,6H2,1-3H3. The van der Waals surface area contributed by atoms with E-state index in [0.717, 1.165) is 27.7 Å². The minimum Gasteiger partial charge on any atom is -0.380 e. The van der Waals surface area contributed by atoms with E-state index in [0.29, 0.717) is 6.61 Å². The topological polar surface area (TPSA) is 25.0 Å². The molecular formula is C12H14FNO. The summed E-state index contributed by atoms with van der Waals surface area (Å²) in [5, 5.41) is 0.923. The zero-order valence-corrected chi connectivity index (χ0v) is 9.15. The van der Waals surface area contributed by atoms with E-state index < -0.39 is 0 Å². The summed E-state index contributed by atoms with van der Waals surface area (Å²) < 4.78 is 18.4. The molecule has 0 fully saturated rings. The highest BCUT2D eigenvalue weighted by Gasteiger charge is 2.10. The highest BCUT2D eigenvalue weighted by Crippen LogP contribution is 2.26. The molecular weight excluding hydrogens is 193 g/mol. The van der Waals surface area contributed by atoms with Crippen molar-refractivity contribution in [3.05, 3.63) is 34.8 Å². The predicted molar refractivity (Wildman–Crippen MR) is 58.4 cm³/mol. The van der Waals surface area contributed by atoms with Gasteiger partial charge in [0.1, 0.15) is 5.82 Å². The summed E-state index contributed by atoms with van der Waals surface area (Å²) in [6.07, 6.45) is 0. The molecule has 80 valence electrons. The Labute approximate surface area is 88.1 Å². The molecule has 1 heterocycles. The Balaban J connectivity index is 2.74. The van der Waals surface area contributed by atoms with Crippen molar-refractivity contribution < 1.29 is 9.13 Å². The Morgan fingerprint density at radius 3 is 2.73 bits per heavy atom. The number of hydrogen-bond acceptors (Lipinski definition) is 1. The van der Waals surface area contributed by atoms with Crippen LogP contribution in [0.25, 0.3) is 10.9 Å². The number of nitrogens with one attached hydrogen (secondary N) is 1. The van der Waals surface area contributed by atoms with Crippen molar-refractivity contribution in [2.75, 3.05) is 7.11 Å². The normalized spacial score (nSPS) is 11.2. The van der Waals surface area contributed by atoms with Gasteiger partial charge in [-0.05, 0) is 31.5 Å². The monoisotopic (exact) mass is 207 g/mol. The Morgan fingerprint density at radius 1 is 1.33 bits per heavy atom. The highest BCUT2D eigenvalue weighted by molar-refractivity contribution is 5.87. The van der Waals surface area contributed by atoms with Crippen LogP contribution in [-0.4, -0.2) is 12.1 Å². The molecule has 0 aliphatic heterocycles. The number of rotatable bonds is 2. The molecule has 1 aromatic carbocycles. The van der Waals surface area contributed by atoms with Crippen molar-refractivity contribution in [2.24, 2.45) is 0 Å². The third-order valence-electron chi connectivity index (χ3n) is 2.68. The van der Waals surface area contributed by atoms with Gasteiger partial charge in [0.15, 0.2) is 0 Å². The smallest absolute Gasteiger partial charge is 0.124 e. The van der Waals surface area contributed by atoms with Gasteiger partial charge in [-0.1, -0.05) is 0 Å². The largest absolute Gasteiger partial charge is 0.380 e. The Morgan fingerprint density at radius 2 is 2.07 bits per heavy atom. The Hall–Kier alpha value is -1.35. The van der Waals surface area contributed by atoms with E-state index in [1.165, 1.54) is 6.07 Å². The molecule has 3 heteroatoms. The molecule has 0 atom stereocenters. The lowest BCUT2D eigenvalue weighted by Gasteiger charge is -2.00. The predicted octanol–water partition coefficient (Wildman–Crippen LogP) is 3.07. The lowest BCUT2D eigenvalue weighted by atomic mass is 10.1. The van der Waals surface area contributed by atoms with E-state index >= 15 is 0 Å². The molecule has 2 nitrogen and oxygen atoms in total. The first kappa shape index (κ1) is 10.2. The van der Waals surface area contributed by atoms with Crippen LogP contribution in [0.3, 0.4) is 0 Å². The maximum atomic E-state index is 13.3. The van der Waals surface area contributed by atoms with Crippen LogP contribution in [0.15, 0.2) is 12.1 Å². The van der Waals surface area contributed by atoms with Gasteiger partial charge < -0.3 is 9.72 Å². The fourth-order valence-corrected chi connectivity index (χ4v) is 1.94. The van der Waals surface area contributed by atoms with E-state index in [4.69, 9.17) is 4.74 Å². The second kappa shape index (κ2) is 3.66. The lowest BCUT2D eigenvalue weighted by molar-refractivity contribution is 0.185. The van der Waals surface area contributed by atoms with Gasteiger partial charge in [0.2, 0.25) is 0 Å². The average molecular weight is 207 g/mol. The van der Waals surface area contributed by atoms with Gasteiger partial charge in [-0.3, -0.25) is 0 Å². The molecule has 0 radical (unpaired) electrons. The molecule has 0 saturated carbocycles. The van der Waals surface area contributed by atoms with Crippen molar-refractivity contribution in [1.29, 1.82) is 0 Å². The number of ether oxygens (including phenoxy) is 1. The molecule has 0 aliphatic rings. The minimum absolute atomic E-state index is 0.198. The number of benzene rings is 1. The van der Waals surface area contributed by atoms with E-state index in [9.17, 15) is 4.39 Å². The molecule has 1 aromatic heterocycles. The fraction of sp³-hybridized carbons (Fsp3) is 0.333. The number of hydrogen-bond donors (Lipinski definition) is 1. The summed E-state index contributed by atoms with van der Waals surface area (Å²) in [4.78, 5) is 3.26. The van der Waals surface area contributed by atoms with Crippen molar-refractivity contribution >= 4 is 10.9 Å². The van der Waals surface area contributed by atoms with Gasteiger partial charge in [-0.25, -0.2) is 4.39 Å². The second-order valence-electron chi connectivity index (χ2n) is 3.81. The van der Waals surface area contributed by atoms with Gasteiger partial charge >= 0.3 is 0 Å². The number of methoxy groups -OCH3 is 1. The molecule has 0 unspecified atom stereocenters. The summed E-state index contributed by atoms with van der Waals surface area (Å²) in [6, 6.07) is 3.09. The maximum Gasteiger partial charge on any atom is 0.124 e. The van der Waals surface area contributed by atoms with Gasteiger partial charge in [-0.15, -0.1) is 0 Å². The van der Waals surface area contributed by atoms with Crippen LogP contribution >= 0.6 is 0 Å². The summed E-state index contributed by atoms with van der Waals surface area (Å²) in [5.74, 6) is -0.198. The van der Waals surface area contributed by atoms with Gasteiger partial charge in [0.25, 0.3) is 0 Å². The van der Waals surface area contributed by atoms with Crippen LogP contribution in [0.1, 0.15) is 16.8 Å². The van der Waals surface area contributed by atoms with E-state index in [-0.39, 0.29) is 5.82 Å². The Kier molecular flexibility index (Phi) is 2.49. The zero-order chi connectivity index (χ0) is 11.0. The van der Waals surface area contributed by atoms with Crippen LogP contribution in [-0.2, 0) is 11.3 Å². The highest BCUT2D eigenvalue weighted by atomic mass is 19.1. The van der Waals surface area contributed by atoms with Crippen LogP contribution in [0.2, 0.25) is 0 Å². The summed E-state index contributed by atoms with van der Waals surface area (Å²) in [7, 11) is 1.64. The van der Waals surface area contributed by atoms with Crippen molar-refractivity contribution in [3.8, 4) is 0 Å². The maximum absolute atomic E-state index is 13.3. The van der Waals surface area contributed by atoms with Crippen molar-refractivity contribution in [3.63, 3.8) is 0 Å². The first-order valence-corrected chi connectivity index (χ1v) is 4.89. The number of aryl methyl sites for hydroxylation is 2. The van der Waals surface area contributed by atoms with Crippen LogP contribution < -0.4 is 0 Å². The van der Waals surface area contributed by atoms with E-state index in [1.807, 2.05) is 13.8 Å². The minimum atomic E-state index is -0.198. The Bertz CT molecular complexity index is 502. The van der Waals surface area contributed by atoms with Gasteiger partial charge in [0.05, 0.1) is 6.61 Å². The summed E-state index contributed by atoms with van der Waals surface area (Å²) in [5.41, 5.74) is 4.01. The van der Waals surface area contributed by atoms with Gasteiger partial charge in [-0.2, -0.15) is 0 Å². The average Bonchev–Trinajstić information content (AvgIpc) is 2.46. The molecule has 2 aromatic rings. The number of aromatic amines is 1. The molecule has 1 N–H and O–H groups in total. The third kappa shape index (κ3) is 1.63. The molecule has 0 spiro atoms. The van der Waals surface area contributed by atoms with Crippen molar-refractivity contribution in [1.82, 2.24) is 4.98 Å². The second-order valence-corrected chi connectivity index (χ2v) is 3.81. The van der Waals surface area contributed by atoms with Crippen LogP contribution in [0, 0.1) is 19.7 Å². The molecule has 15 heavy (non-hydrogen) atoms. The number of aromatic nitrogens is 1. The van der Waals surface area contributed by atoms with E-state index in [2.05, 4.69) is 4.98 Å². The first-order valence-electron chi connectivity index (χ1n) is 4.89. The molecule has 0 bridgehead atoms. The quantitative estimate of drug-likeness (QED) is 0.804. The molecule has 0 aliphatic carbocycles. The van der Waals surface area contributed by atoms with Crippen LogP contribution in [0.4, 0.5) is 4.39 Å². The third-order valence-corrected chi connectivity index (χ3v) is 2.68. The summed E-state index contributed by atoms with van der Waals surface area (Å²) >= 11 is 0. The first-order chi connectivity index (χ1) is 7.13. The zero-order valence-electron chi connectivity index (χ0n) is 9.15. The molecule has 2 rings (SSSR count). The molecule has 0 saturated heterocycles. The van der Waals surface area contributed by atoms with Crippen LogP contribution in [0.5, 0.6) is 0 Å². The number of halogens is 1. The summed E-state index contributed by atoms with van der Waals surface area (Å²) in [6.45, 7) is 4.39. The van der Waals surface area contributed by atoms with E-state index in [1.54, 1.807) is 13.2 Å². The lowest BCUT2D eigenvalue weighted by Crippen LogP contribution is -1.88. The number of fused-ring (bicyclic) bond motifs is 1.